The van der Waals surface area contributed by atoms with Crippen molar-refractivity contribution >= 4 is 21.2 Å². The Bertz CT molecular complexity index is 929. The molecule has 0 radical (unpaired) electrons. The van der Waals surface area contributed by atoms with Crippen molar-refractivity contribution in [3.05, 3.63) is 65.3 Å². The van der Waals surface area contributed by atoms with Crippen molar-refractivity contribution in [3.8, 4) is 11.1 Å². The van der Waals surface area contributed by atoms with Crippen LogP contribution in [0.3, 0.4) is 0 Å². The zero-order valence-electron chi connectivity index (χ0n) is 12.6. The number of hydrogen-bond donors (Lipinski definition) is 1. The van der Waals surface area contributed by atoms with Crippen LogP contribution in [0.2, 0.25) is 0 Å². The summed E-state index contributed by atoms with van der Waals surface area (Å²) in [5, 5.41) is 0.610. The van der Waals surface area contributed by atoms with Gasteiger partial charge >= 0.3 is 0 Å². The summed E-state index contributed by atoms with van der Waals surface area (Å²) in [7, 11) is -3.57. The Hall–Kier alpha value is -2.02. The van der Waals surface area contributed by atoms with E-state index in [4.69, 9.17) is 5.73 Å². The number of hydrogen-bond acceptors (Lipinski definition) is 5. The van der Waals surface area contributed by atoms with E-state index in [9.17, 15) is 8.42 Å². The Morgan fingerprint density at radius 2 is 1.83 bits per heavy atom. The molecule has 3 rings (SSSR count). The van der Waals surface area contributed by atoms with E-state index in [0.717, 1.165) is 28.0 Å². The number of rotatable bonds is 4. The van der Waals surface area contributed by atoms with Gasteiger partial charge in [0.15, 0.2) is 0 Å². The van der Waals surface area contributed by atoms with Gasteiger partial charge < -0.3 is 5.73 Å². The second kappa shape index (κ2) is 6.23. The van der Waals surface area contributed by atoms with Gasteiger partial charge in [-0.05, 0) is 30.2 Å². The number of thiazole rings is 1. The molecular formula is C17H16N2O2S2. The molecule has 118 valence electrons. The molecule has 0 atom stereocenters. The summed E-state index contributed by atoms with van der Waals surface area (Å²) in [4.78, 5) is 4.30. The first-order valence-corrected chi connectivity index (χ1v) is 9.37. The zero-order chi connectivity index (χ0) is 16.4. The van der Waals surface area contributed by atoms with Crippen molar-refractivity contribution in [3.63, 3.8) is 0 Å². The van der Waals surface area contributed by atoms with Crippen molar-refractivity contribution in [2.24, 2.45) is 5.73 Å². The molecule has 1 aromatic heterocycles. The minimum absolute atomic E-state index is 0.221. The third-order valence-electron chi connectivity index (χ3n) is 3.50. The Labute approximate surface area is 139 Å². The molecule has 2 N–H and O–H groups in total. The fraction of sp³-hybridized carbons (Fsp3) is 0.118. The first kappa shape index (κ1) is 15.9. The van der Waals surface area contributed by atoms with E-state index in [0.29, 0.717) is 5.01 Å². The van der Waals surface area contributed by atoms with Crippen molar-refractivity contribution in [2.75, 3.05) is 0 Å². The predicted molar refractivity (Wildman–Crippen MR) is 92.1 cm³/mol. The zero-order valence-corrected chi connectivity index (χ0v) is 14.2. The average molecular weight is 344 g/mol. The molecule has 2 aromatic carbocycles. The lowest BCUT2D eigenvalue weighted by Gasteiger charge is -2.06. The van der Waals surface area contributed by atoms with Crippen molar-refractivity contribution < 1.29 is 8.42 Å². The van der Waals surface area contributed by atoms with E-state index in [-0.39, 0.29) is 15.6 Å². The van der Waals surface area contributed by atoms with Gasteiger partial charge in [-0.15, -0.1) is 11.3 Å². The molecule has 0 aliphatic heterocycles. The van der Waals surface area contributed by atoms with Crippen molar-refractivity contribution in [2.45, 2.75) is 22.6 Å². The van der Waals surface area contributed by atoms with Gasteiger partial charge in [0.25, 0.3) is 0 Å². The highest BCUT2D eigenvalue weighted by Gasteiger charge is 2.21. The largest absolute Gasteiger partial charge is 0.325 e. The maximum Gasteiger partial charge on any atom is 0.217 e. The molecule has 23 heavy (non-hydrogen) atoms. The van der Waals surface area contributed by atoms with E-state index in [1.54, 1.807) is 18.2 Å². The first-order chi connectivity index (χ1) is 11.0. The number of aromatic nitrogens is 1. The SMILES string of the molecule is Cc1ccc(-c2cccc(S(=O)(=O)c3cnc(CN)s3)c2)cc1. The van der Waals surface area contributed by atoms with Gasteiger partial charge in [0, 0.05) is 6.54 Å². The summed E-state index contributed by atoms with van der Waals surface area (Å²) in [5.74, 6) is 0. The van der Waals surface area contributed by atoms with Crippen molar-refractivity contribution in [1.29, 1.82) is 0 Å². The van der Waals surface area contributed by atoms with E-state index in [2.05, 4.69) is 4.98 Å². The van der Waals surface area contributed by atoms with Crippen molar-refractivity contribution in [1.82, 2.24) is 4.98 Å². The van der Waals surface area contributed by atoms with E-state index in [1.165, 1.54) is 6.20 Å². The van der Waals surface area contributed by atoms with Crippen LogP contribution in [-0.4, -0.2) is 13.4 Å². The summed E-state index contributed by atoms with van der Waals surface area (Å²) in [6.07, 6.45) is 1.38. The summed E-state index contributed by atoms with van der Waals surface area (Å²) in [6, 6.07) is 15.0. The van der Waals surface area contributed by atoms with Gasteiger partial charge in [-0.3, -0.25) is 0 Å². The standard InChI is InChI=1S/C17H16N2O2S2/c1-12-5-7-13(8-6-12)14-3-2-4-15(9-14)23(20,21)17-11-19-16(10-18)22-17/h2-9,11H,10,18H2,1H3. The minimum Gasteiger partial charge on any atom is -0.325 e. The highest BCUT2D eigenvalue weighted by molar-refractivity contribution is 7.93. The molecule has 4 nitrogen and oxygen atoms in total. The molecule has 0 aliphatic rings. The quantitative estimate of drug-likeness (QED) is 0.787. The van der Waals surface area contributed by atoms with Crippen LogP contribution in [-0.2, 0) is 16.4 Å². The predicted octanol–water partition coefficient (Wildman–Crippen LogP) is 3.41. The van der Waals surface area contributed by atoms with Gasteiger partial charge in [-0.25, -0.2) is 13.4 Å². The van der Waals surface area contributed by atoms with Crippen LogP contribution in [0, 0.1) is 6.92 Å². The van der Waals surface area contributed by atoms with Gasteiger partial charge in [-0.2, -0.15) is 0 Å². The molecule has 0 fully saturated rings. The molecule has 0 spiro atoms. The third kappa shape index (κ3) is 3.19. The monoisotopic (exact) mass is 344 g/mol. The van der Waals surface area contributed by atoms with Crippen LogP contribution in [0.15, 0.2) is 63.8 Å². The molecular weight excluding hydrogens is 328 g/mol. The fourth-order valence-corrected chi connectivity index (χ4v) is 4.72. The van der Waals surface area contributed by atoms with Gasteiger partial charge in [0.1, 0.15) is 9.22 Å². The number of benzene rings is 2. The molecule has 6 heteroatoms. The molecule has 0 saturated carbocycles. The second-order valence-electron chi connectivity index (χ2n) is 5.17. The molecule has 0 aliphatic carbocycles. The molecule has 1 heterocycles. The molecule has 0 saturated heterocycles. The Morgan fingerprint density at radius 3 is 2.48 bits per heavy atom. The van der Waals surface area contributed by atoms with Gasteiger partial charge in [0.05, 0.1) is 11.1 Å². The number of sulfone groups is 1. The summed E-state index contributed by atoms with van der Waals surface area (Å²) < 4.78 is 25.7. The maximum atomic E-state index is 12.7. The van der Waals surface area contributed by atoms with Crippen LogP contribution in [0.25, 0.3) is 11.1 Å². The highest BCUT2D eigenvalue weighted by Crippen LogP contribution is 2.29. The molecule has 0 amide bonds. The lowest BCUT2D eigenvalue weighted by atomic mass is 10.0. The highest BCUT2D eigenvalue weighted by atomic mass is 32.2. The smallest absolute Gasteiger partial charge is 0.217 e. The summed E-state index contributed by atoms with van der Waals surface area (Å²) >= 11 is 1.11. The van der Waals surface area contributed by atoms with E-state index < -0.39 is 9.84 Å². The maximum absolute atomic E-state index is 12.7. The molecule has 0 bridgehead atoms. The first-order valence-electron chi connectivity index (χ1n) is 7.07. The van der Waals surface area contributed by atoms with Crippen LogP contribution in [0.1, 0.15) is 10.6 Å². The Balaban J connectivity index is 2.03. The van der Waals surface area contributed by atoms with Crippen LogP contribution in [0.4, 0.5) is 0 Å². The summed E-state index contributed by atoms with van der Waals surface area (Å²) in [5.41, 5.74) is 8.53. The Kier molecular flexibility index (Phi) is 4.30. The van der Waals surface area contributed by atoms with Crippen LogP contribution < -0.4 is 5.73 Å². The van der Waals surface area contributed by atoms with Crippen LogP contribution >= 0.6 is 11.3 Å². The lowest BCUT2D eigenvalue weighted by molar-refractivity contribution is 0.598. The Morgan fingerprint density at radius 1 is 1.09 bits per heavy atom. The van der Waals surface area contributed by atoms with E-state index >= 15 is 0 Å². The van der Waals surface area contributed by atoms with Gasteiger partial charge in [-0.1, -0.05) is 42.0 Å². The lowest BCUT2D eigenvalue weighted by Crippen LogP contribution is -1.99. The summed E-state index contributed by atoms with van der Waals surface area (Å²) in [6.45, 7) is 2.26. The number of nitrogens with two attached hydrogens (primary N) is 1. The van der Waals surface area contributed by atoms with E-state index in [1.807, 2.05) is 37.3 Å². The number of nitrogens with zero attached hydrogens (tertiary/aromatic N) is 1. The molecule has 3 aromatic rings. The average Bonchev–Trinajstić information content (AvgIpc) is 3.05. The fourth-order valence-electron chi connectivity index (χ4n) is 2.22. The van der Waals surface area contributed by atoms with Crippen LogP contribution in [0.5, 0.6) is 0 Å². The number of aryl methyl sites for hydroxylation is 1. The molecule has 0 unspecified atom stereocenters. The second-order valence-corrected chi connectivity index (χ2v) is 8.47. The normalized spacial score (nSPS) is 11.6. The third-order valence-corrected chi connectivity index (χ3v) is 6.73. The van der Waals surface area contributed by atoms with Gasteiger partial charge in [0.2, 0.25) is 9.84 Å². The minimum atomic E-state index is -3.57. The topological polar surface area (TPSA) is 73.0 Å².